The van der Waals surface area contributed by atoms with Crippen LogP contribution in [0, 0.1) is 0 Å². The van der Waals surface area contributed by atoms with Gasteiger partial charge in [0, 0.05) is 50.9 Å². The summed E-state index contributed by atoms with van der Waals surface area (Å²) in [6.07, 6.45) is 1.80. The van der Waals surface area contributed by atoms with Gasteiger partial charge in [-0.3, -0.25) is 4.79 Å². The topological polar surface area (TPSA) is 87.6 Å². The molecule has 2 aromatic heterocycles. The van der Waals surface area contributed by atoms with E-state index in [0.29, 0.717) is 18.7 Å². The molecule has 2 saturated heterocycles. The lowest BCUT2D eigenvalue weighted by Crippen LogP contribution is -2.49. The predicted octanol–water partition coefficient (Wildman–Crippen LogP) is 1.28. The molecule has 1 aromatic carbocycles. The average Bonchev–Trinajstić information content (AvgIpc) is 3.27. The number of hydrogen-bond donors (Lipinski definition) is 0. The quantitative estimate of drug-likeness (QED) is 0.637. The Balaban J connectivity index is 1.24. The molecule has 9 nitrogen and oxygen atoms in total. The van der Waals surface area contributed by atoms with Crippen LogP contribution in [-0.4, -0.2) is 82.2 Å². The Morgan fingerprint density at radius 3 is 2.55 bits per heavy atom. The summed E-state index contributed by atoms with van der Waals surface area (Å²) in [5, 5.41) is 8.47. The normalized spacial score (nSPS) is 17.7. The second-order valence-corrected chi connectivity index (χ2v) is 7.65. The summed E-state index contributed by atoms with van der Waals surface area (Å²) in [6.45, 7) is 5.97. The van der Waals surface area contributed by atoms with Crippen molar-refractivity contribution >= 4 is 40.2 Å². The van der Waals surface area contributed by atoms with E-state index in [1.165, 1.54) is 11.7 Å². The highest BCUT2D eigenvalue weighted by Gasteiger charge is 2.24. The maximum absolute atomic E-state index is 12.9. The van der Waals surface area contributed by atoms with Gasteiger partial charge in [0.1, 0.15) is 11.0 Å². The standard InChI is InChI=1S/C19H21N7O2S/c27-19(14-1-2-16-17(11-14)23-29-22-16)26-5-3-24(4-6-26)15-12-18(21-20-13-15)25-7-9-28-10-8-25/h1-2,11-13H,3-10H2. The van der Waals surface area contributed by atoms with Gasteiger partial charge in [0.2, 0.25) is 0 Å². The molecule has 5 rings (SSSR count). The Kier molecular flexibility index (Phi) is 4.94. The Hall–Kier alpha value is -2.85. The van der Waals surface area contributed by atoms with E-state index in [-0.39, 0.29) is 5.91 Å². The van der Waals surface area contributed by atoms with Crippen molar-refractivity contribution in [2.24, 2.45) is 0 Å². The number of anilines is 2. The first-order chi connectivity index (χ1) is 14.3. The Morgan fingerprint density at radius 2 is 1.72 bits per heavy atom. The highest BCUT2D eigenvalue weighted by atomic mass is 32.1. The lowest BCUT2D eigenvalue weighted by molar-refractivity contribution is 0.0747. The fourth-order valence-corrected chi connectivity index (χ4v) is 4.25. The zero-order valence-corrected chi connectivity index (χ0v) is 16.7. The van der Waals surface area contributed by atoms with Crippen LogP contribution < -0.4 is 9.80 Å². The van der Waals surface area contributed by atoms with E-state index in [1.807, 2.05) is 23.1 Å². The zero-order valence-electron chi connectivity index (χ0n) is 15.9. The number of benzene rings is 1. The van der Waals surface area contributed by atoms with Crippen molar-refractivity contribution in [1.82, 2.24) is 23.8 Å². The number of nitrogens with zero attached hydrogens (tertiary/aromatic N) is 7. The van der Waals surface area contributed by atoms with Crippen LogP contribution >= 0.6 is 11.7 Å². The van der Waals surface area contributed by atoms with E-state index in [4.69, 9.17) is 4.74 Å². The first-order valence-electron chi connectivity index (χ1n) is 9.70. The molecule has 2 aliphatic heterocycles. The average molecular weight is 411 g/mol. The van der Waals surface area contributed by atoms with E-state index in [0.717, 1.165) is 61.9 Å². The van der Waals surface area contributed by atoms with Crippen LogP contribution in [0.4, 0.5) is 11.5 Å². The summed E-state index contributed by atoms with van der Waals surface area (Å²) in [7, 11) is 0. The fourth-order valence-electron chi connectivity index (χ4n) is 3.73. The molecule has 0 saturated carbocycles. The molecular weight excluding hydrogens is 390 g/mol. The summed E-state index contributed by atoms with van der Waals surface area (Å²) >= 11 is 1.17. The smallest absolute Gasteiger partial charge is 0.254 e. The summed E-state index contributed by atoms with van der Waals surface area (Å²) in [5.41, 5.74) is 3.32. The number of ether oxygens (including phenoxy) is 1. The summed E-state index contributed by atoms with van der Waals surface area (Å²) < 4.78 is 13.8. The predicted molar refractivity (Wildman–Crippen MR) is 111 cm³/mol. The van der Waals surface area contributed by atoms with Crippen LogP contribution in [0.5, 0.6) is 0 Å². The van der Waals surface area contributed by atoms with E-state index >= 15 is 0 Å². The molecule has 29 heavy (non-hydrogen) atoms. The number of piperazine rings is 1. The van der Waals surface area contributed by atoms with Crippen LogP contribution in [0.1, 0.15) is 10.4 Å². The summed E-state index contributed by atoms with van der Waals surface area (Å²) in [4.78, 5) is 19.2. The molecule has 2 aliphatic rings. The summed E-state index contributed by atoms with van der Waals surface area (Å²) in [6, 6.07) is 7.60. The maximum atomic E-state index is 12.9. The van der Waals surface area contributed by atoms with Crippen LogP contribution in [0.2, 0.25) is 0 Å². The first kappa shape index (κ1) is 18.2. The van der Waals surface area contributed by atoms with E-state index in [2.05, 4.69) is 34.8 Å². The summed E-state index contributed by atoms with van der Waals surface area (Å²) in [5.74, 6) is 0.927. The number of rotatable bonds is 3. The number of hydrogen-bond acceptors (Lipinski definition) is 9. The molecule has 10 heteroatoms. The van der Waals surface area contributed by atoms with Crippen LogP contribution in [-0.2, 0) is 4.74 Å². The molecule has 2 fully saturated rings. The first-order valence-corrected chi connectivity index (χ1v) is 10.4. The number of morpholine rings is 1. The largest absolute Gasteiger partial charge is 0.378 e. The van der Waals surface area contributed by atoms with Crippen molar-refractivity contribution in [3.63, 3.8) is 0 Å². The number of amides is 1. The van der Waals surface area contributed by atoms with Gasteiger partial charge in [0.25, 0.3) is 5.91 Å². The van der Waals surface area contributed by atoms with Crippen molar-refractivity contribution in [3.05, 3.63) is 36.0 Å². The molecule has 0 radical (unpaired) electrons. The van der Waals surface area contributed by atoms with E-state index < -0.39 is 0 Å². The Morgan fingerprint density at radius 1 is 0.931 bits per heavy atom. The van der Waals surface area contributed by atoms with Gasteiger partial charge in [-0.25, -0.2) is 0 Å². The minimum absolute atomic E-state index is 0.0430. The number of carbonyl (C=O) groups is 1. The molecule has 3 aromatic rings. The number of carbonyl (C=O) groups excluding carboxylic acids is 1. The van der Waals surface area contributed by atoms with Crippen molar-refractivity contribution in [2.75, 3.05) is 62.3 Å². The van der Waals surface area contributed by atoms with Crippen molar-refractivity contribution < 1.29 is 9.53 Å². The van der Waals surface area contributed by atoms with Crippen LogP contribution in [0.3, 0.4) is 0 Å². The van der Waals surface area contributed by atoms with Gasteiger partial charge in [0.05, 0.1) is 36.8 Å². The molecular formula is C19H21N7O2S. The molecule has 0 spiro atoms. The van der Waals surface area contributed by atoms with Gasteiger partial charge in [-0.15, -0.1) is 5.10 Å². The van der Waals surface area contributed by atoms with Crippen molar-refractivity contribution in [2.45, 2.75) is 0 Å². The van der Waals surface area contributed by atoms with E-state index in [1.54, 1.807) is 6.20 Å². The van der Waals surface area contributed by atoms with Crippen molar-refractivity contribution in [1.29, 1.82) is 0 Å². The minimum atomic E-state index is 0.0430. The van der Waals surface area contributed by atoms with Gasteiger partial charge in [0.15, 0.2) is 5.82 Å². The Bertz CT molecular complexity index is 1010. The molecule has 0 bridgehead atoms. The maximum Gasteiger partial charge on any atom is 0.254 e. The van der Waals surface area contributed by atoms with E-state index in [9.17, 15) is 4.79 Å². The second-order valence-electron chi connectivity index (χ2n) is 7.12. The third-order valence-corrected chi connectivity index (χ3v) is 5.95. The highest BCUT2D eigenvalue weighted by Crippen LogP contribution is 2.22. The van der Waals surface area contributed by atoms with Crippen molar-refractivity contribution in [3.8, 4) is 0 Å². The molecule has 0 aliphatic carbocycles. The molecule has 150 valence electrons. The number of fused-ring (bicyclic) bond motifs is 1. The fraction of sp³-hybridized carbons (Fsp3) is 0.421. The van der Waals surface area contributed by atoms with Gasteiger partial charge in [-0.05, 0) is 18.2 Å². The third-order valence-electron chi connectivity index (χ3n) is 5.40. The molecule has 1 amide bonds. The Labute approximate surface area is 172 Å². The SMILES string of the molecule is O=C(c1ccc2nsnc2c1)N1CCN(c2cnnc(N3CCOCC3)c2)CC1. The molecule has 0 unspecified atom stereocenters. The van der Waals surface area contributed by atoms with Crippen LogP contribution in [0.25, 0.3) is 11.0 Å². The monoisotopic (exact) mass is 411 g/mol. The molecule has 0 N–H and O–H groups in total. The zero-order chi connectivity index (χ0) is 19.6. The number of aromatic nitrogens is 4. The van der Waals surface area contributed by atoms with Gasteiger partial charge >= 0.3 is 0 Å². The lowest BCUT2D eigenvalue weighted by Gasteiger charge is -2.36. The van der Waals surface area contributed by atoms with Gasteiger partial charge in [-0.2, -0.15) is 13.8 Å². The third kappa shape index (κ3) is 3.73. The van der Waals surface area contributed by atoms with Crippen LogP contribution in [0.15, 0.2) is 30.5 Å². The molecule has 0 atom stereocenters. The minimum Gasteiger partial charge on any atom is -0.378 e. The van der Waals surface area contributed by atoms with Gasteiger partial charge in [-0.1, -0.05) is 0 Å². The second kappa shape index (κ2) is 7.88. The van der Waals surface area contributed by atoms with Gasteiger partial charge < -0.3 is 19.4 Å². The molecule has 4 heterocycles. The lowest BCUT2D eigenvalue weighted by atomic mass is 10.1. The highest BCUT2D eigenvalue weighted by molar-refractivity contribution is 7.00.